The lowest BCUT2D eigenvalue weighted by atomic mass is 9.97. The molecule has 0 fully saturated rings. The lowest BCUT2D eigenvalue weighted by Gasteiger charge is -2.33. The van der Waals surface area contributed by atoms with Crippen LogP contribution in [0.15, 0.2) is 0 Å². The molecule has 0 aliphatic heterocycles. The number of esters is 3. The average Bonchev–Trinajstić information content (AvgIpc) is 3.34. The number of carbonyl (C=O) groups excluding carboxylic acids is 4. The van der Waals surface area contributed by atoms with Crippen molar-refractivity contribution >= 4 is 23.8 Å². The molecule has 0 saturated carbocycles. The van der Waals surface area contributed by atoms with Crippen molar-refractivity contribution in [2.75, 3.05) is 27.2 Å². The van der Waals surface area contributed by atoms with Crippen molar-refractivity contribution in [3.05, 3.63) is 0 Å². The smallest absolute Gasteiger partial charge is 0.306 e. The van der Waals surface area contributed by atoms with E-state index in [4.69, 9.17) is 14.2 Å². The molecule has 0 spiro atoms. The molecule has 0 aliphatic carbocycles. The molecule has 9 nitrogen and oxygen atoms in total. The number of amides is 1. The molecule has 0 rings (SSSR count). The molecule has 1 atom stereocenters. The standard InChI is InChI=1S/C61H118N2O7/c1-9-15-32-47-57(46-20-14-6)70-61(67)51-38-31-25-28-35-48-58(64)63(53-39-52-62(7)8)54(40-33-26-21-23-29-36-49-59(65)68-55(42-16-10-2)43-17-11-3)41-34-27-22-24-30-37-50-60(66)69-56(44-18-12-4)45-19-13-5/h54-57H,9-53H2,1-8H3. The first-order valence-electron chi connectivity index (χ1n) is 30.6. The van der Waals surface area contributed by atoms with Crippen molar-refractivity contribution in [2.45, 2.75) is 342 Å². The summed E-state index contributed by atoms with van der Waals surface area (Å²) in [7, 11) is 4.23. The van der Waals surface area contributed by atoms with Crippen molar-refractivity contribution in [1.82, 2.24) is 9.80 Å². The molecule has 0 bridgehead atoms. The third-order valence-corrected chi connectivity index (χ3v) is 14.3. The number of hydrogen-bond acceptors (Lipinski definition) is 8. The van der Waals surface area contributed by atoms with Gasteiger partial charge in [-0.3, -0.25) is 19.2 Å². The Morgan fingerprint density at radius 1 is 0.314 bits per heavy atom. The minimum atomic E-state index is -0.0380. The van der Waals surface area contributed by atoms with Crippen molar-refractivity contribution in [1.29, 1.82) is 0 Å². The Morgan fingerprint density at radius 3 is 0.929 bits per heavy atom. The minimum absolute atomic E-state index is 0.0195. The van der Waals surface area contributed by atoms with E-state index in [9.17, 15) is 19.2 Å². The van der Waals surface area contributed by atoms with Crippen molar-refractivity contribution in [3.8, 4) is 0 Å². The summed E-state index contributed by atoms with van der Waals surface area (Å²) in [6.07, 6.45) is 44.0. The number of ether oxygens (including phenoxy) is 3. The Hall–Kier alpha value is -2.16. The predicted molar refractivity (Wildman–Crippen MR) is 296 cm³/mol. The minimum Gasteiger partial charge on any atom is -0.462 e. The van der Waals surface area contributed by atoms with Crippen molar-refractivity contribution in [3.63, 3.8) is 0 Å². The van der Waals surface area contributed by atoms with E-state index in [1.807, 2.05) is 0 Å². The highest BCUT2D eigenvalue weighted by atomic mass is 16.6. The van der Waals surface area contributed by atoms with Crippen LogP contribution < -0.4 is 0 Å². The van der Waals surface area contributed by atoms with Gasteiger partial charge in [0.15, 0.2) is 0 Å². The van der Waals surface area contributed by atoms with Crippen LogP contribution in [-0.2, 0) is 33.4 Å². The summed E-state index contributed by atoms with van der Waals surface area (Å²) in [6, 6.07) is 0.259. The second-order valence-electron chi connectivity index (χ2n) is 21.5. The molecule has 0 aliphatic rings. The van der Waals surface area contributed by atoms with E-state index in [-0.39, 0.29) is 42.3 Å². The van der Waals surface area contributed by atoms with E-state index >= 15 is 0 Å². The molecule has 0 saturated heterocycles. The summed E-state index contributed by atoms with van der Waals surface area (Å²) in [4.78, 5) is 56.6. The van der Waals surface area contributed by atoms with Crippen LogP contribution in [0, 0.1) is 0 Å². The van der Waals surface area contributed by atoms with Gasteiger partial charge in [0.1, 0.15) is 18.3 Å². The Labute approximate surface area is 434 Å². The first-order valence-corrected chi connectivity index (χ1v) is 30.6. The fourth-order valence-electron chi connectivity index (χ4n) is 9.76. The highest BCUT2D eigenvalue weighted by Gasteiger charge is 2.23. The number of hydrogen-bond donors (Lipinski definition) is 0. The summed E-state index contributed by atoms with van der Waals surface area (Å²) in [5.41, 5.74) is 0. The second-order valence-corrected chi connectivity index (χ2v) is 21.5. The summed E-state index contributed by atoms with van der Waals surface area (Å²) in [5.74, 6) is 0.234. The quantitative estimate of drug-likeness (QED) is 0.0337. The van der Waals surface area contributed by atoms with Gasteiger partial charge in [-0.2, -0.15) is 0 Å². The number of rotatable bonds is 53. The molecular formula is C61H118N2O7. The third kappa shape index (κ3) is 42.4. The van der Waals surface area contributed by atoms with Gasteiger partial charge in [0.2, 0.25) is 5.91 Å². The molecule has 414 valence electrons. The van der Waals surface area contributed by atoms with Gasteiger partial charge in [-0.05, 0) is 111 Å². The van der Waals surface area contributed by atoms with Crippen LogP contribution in [0.1, 0.15) is 318 Å². The van der Waals surface area contributed by atoms with Crippen LogP contribution in [0.5, 0.6) is 0 Å². The summed E-state index contributed by atoms with van der Waals surface area (Å²) in [6.45, 7) is 15.0. The predicted octanol–water partition coefficient (Wildman–Crippen LogP) is 17.4. The van der Waals surface area contributed by atoms with Crippen LogP contribution in [0.4, 0.5) is 0 Å². The van der Waals surface area contributed by atoms with E-state index in [1.165, 1.54) is 12.8 Å². The summed E-state index contributed by atoms with van der Waals surface area (Å²) in [5, 5.41) is 0. The highest BCUT2D eigenvalue weighted by molar-refractivity contribution is 5.76. The Bertz CT molecular complexity index is 1130. The second kappa shape index (κ2) is 50.4. The van der Waals surface area contributed by atoms with Gasteiger partial charge < -0.3 is 24.0 Å². The molecule has 0 aromatic rings. The zero-order valence-electron chi connectivity index (χ0n) is 47.9. The van der Waals surface area contributed by atoms with Gasteiger partial charge in [-0.25, -0.2) is 0 Å². The van der Waals surface area contributed by atoms with Crippen molar-refractivity contribution in [2.24, 2.45) is 0 Å². The molecular weight excluding hydrogens is 873 g/mol. The molecule has 9 heteroatoms. The fraction of sp³-hybridized carbons (Fsp3) is 0.934. The molecule has 0 N–H and O–H groups in total. The van der Waals surface area contributed by atoms with Crippen LogP contribution in [0.25, 0.3) is 0 Å². The van der Waals surface area contributed by atoms with E-state index in [0.717, 1.165) is 251 Å². The topological polar surface area (TPSA) is 102 Å². The first-order chi connectivity index (χ1) is 34.0. The largest absolute Gasteiger partial charge is 0.462 e. The lowest BCUT2D eigenvalue weighted by molar-refractivity contribution is -0.151. The van der Waals surface area contributed by atoms with Gasteiger partial charge in [0.25, 0.3) is 0 Å². The zero-order valence-corrected chi connectivity index (χ0v) is 47.9. The highest BCUT2D eigenvalue weighted by Crippen LogP contribution is 2.23. The molecule has 70 heavy (non-hydrogen) atoms. The molecule has 0 radical (unpaired) electrons. The van der Waals surface area contributed by atoms with Gasteiger partial charge in [-0.15, -0.1) is 0 Å². The Morgan fingerprint density at radius 2 is 0.600 bits per heavy atom. The number of unbranched alkanes of at least 4 members (excludes halogenated alkanes) is 21. The molecule has 1 unspecified atom stereocenters. The van der Waals surface area contributed by atoms with Gasteiger partial charge >= 0.3 is 17.9 Å². The average molecular weight is 992 g/mol. The van der Waals surface area contributed by atoms with Crippen LogP contribution in [0.2, 0.25) is 0 Å². The summed E-state index contributed by atoms with van der Waals surface area (Å²) < 4.78 is 17.7. The maximum atomic E-state index is 14.2. The lowest BCUT2D eigenvalue weighted by Crippen LogP contribution is -2.41. The SMILES string of the molecule is CCCCCC(CCCC)OC(=O)CCCCCCCC(=O)N(CCCN(C)C)C(CCCCCCCCC(=O)OC(CCCC)CCCC)CCCCCCCCC(=O)OC(CCCC)CCCC. The molecule has 0 aromatic carbocycles. The van der Waals surface area contributed by atoms with Gasteiger partial charge in [-0.1, -0.05) is 202 Å². The zero-order chi connectivity index (χ0) is 51.7. The molecule has 1 amide bonds. The van der Waals surface area contributed by atoms with Crippen LogP contribution in [-0.4, -0.2) is 85.2 Å². The Balaban J connectivity index is 5.26. The normalized spacial score (nSPS) is 12.1. The first kappa shape index (κ1) is 67.8. The number of nitrogens with zero attached hydrogens (tertiary/aromatic N) is 2. The van der Waals surface area contributed by atoms with E-state index in [1.54, 1.807) is 0 Å². The maximum Gasteiger partial charge on any atom is 0.306 e. The molecule has 0 aromatic heterocycles. The monoisotopic (exact) mass is 991 g/mol. The van der Waals surface area contributed by atoms with Gasteiger partial charge in [0.05, 0.1) is 0 Å². The van der Waals surface area contributed by atoms with E-state index in [0.29, 0.717) is 31.6 Å². The van der Waals surface area contributed by atoms with E-state index < -0.39 is 0 Å². The summed E-state index contributed by atoms with van der Waals surface area (Å²) >= 11 is 0. The van der Waals surface area contributed by atoms with Crippen molar-refractivity contribution < 1.29 is 33.4 Å². The van der Waals surface area contributed by atoms with E-state index in [2.05, 4.69) is 65.4 Å². The fourth-order valence-corrected chi connectivity index (χ4v) is 9.76. The third-order valence-electron chi connectivity index (χ3n) is 14.3. The van der Waals surface area contributed by atoms with Crippen LogP contribution in [0.3, 0.4) is 0 Å². The number of carbonyl (C=O) groups is 4. The van der Waals surface area contributed by atoms with Gasteiger partial charge in [0, 0.05) is 38.3 Å². The maximum absolute atomic E-state index is 14.2. The Kier molecular flexibility index (Phi) is 48.8. The van der Waals surface area contributed by atoms with Crippen LogP contribution >= 0.6 is 0 Å². The molecule has 0 heterocycles.